The van der Waals surface area contributed by atoms with Crippen LogP contribution in [0.2, 0.25) is 0 Å². The highest BCUT2D eigenvalue weighted by Gasteiger charge is 2.31. The van der Waals surface area contributed by atoms with Gasteiger partial charge in [-0.25, -0.2) is 0 Å². The van der Waals surface area contributed by atoms with E-state index in [1.807, 2.05) is 39.9 Å². The highest BCUT2D eigenvalue weighted by molar-refractivity contribution is 5.89. The highest BCUT2D eigenvalue weighted by Crippen LogP contribution is 2.15. The number of hydrogen-bond acceptors (Lipinski definition) is 2. The SMILES string of the molecule is C=CC.C=CC(=O)N1CC1C.CN(C)C. The number of hydrogen-bond donors (Lipinski definition) is 0. The molecule has 0 bridgehead atoms. The Balaban J connectivity index is 0. The smallest absolute Gasteiger partial charge is 0.246 e. The molecule has 1 aliphatic rings. The number of rotatable bonds is 1. The van der Waals surface area contributed by atoms with Crippen molar-refractivity contribution < 1.29 is 4.79 Å². The van der Waals surface area contributed by atoms with Crippen LogP contribution in [0.4, 0.5) is 0 Å². The Morgan fingerprint density at radius 3 is 1.73 bits per heavy atom. The fourth-order valence-corrected chi connectivity index (χ4v) is 0.662. The monoisotopic (exact) mass is 212 g/mol. The van der Waals surface area contributed by atoms with Crippen molar-refractivity contribution >= 4 is 5.91 Å². The average molecular weight is 212 g/mol. The van der Waals surface area contributed by atoms with Gasteiger partial charge in [0.25, 0.3) is 0 Å². The highest BCUT2D eigenvalue weighted by atomic mass is 16.2. The Hall–Kier alpha value is -1.09. The fraction of sp³-hybridized carbons (Fsp3) is 0.583. The molecule has 0 aliphatic carbocycles. The van der Waals surface area contributed by atoms with Gasteiger partial charge in [0.1, 0.15) is 0 Å². The maximum absolute atomic E-state index is 10.6. The van der Waals surface area contributed by atoms with E-state index in [4.69, 9.17) is 0 Å². The normalized spacial score (nSPS) is 16.7. The third-order valence-electron chi connectivity index (χ3n) is 1.32. The van der Waals surface area contributed by atoms with E-state index in [1.165, 1.54) is 6.08 Å². The molecular formula is C12H24N2O. The van der Waals surface area contributed by atoms with Crippen molar-refractivity contribution in [1.29, 1.82) is 0 Å². The first-order valence-corrected chi connectivity index (χ1v) is 5.01. The Morgan fingerprint density at radius 1 is 1.40 bits per heavy atom. The number of carbonyl (C=O) groups excluding carboxylic acids is 1. The lowest BCUT2D eigenvalue weighted by Crippen LogP contribution is -2.07. The summed E-state index contributed by atoms with van der Waals surface area (Å²) >= 11 is 0. The molecular weight excluding hydrogens is 188 g/mol. The van der Waals surface area contributed by atoms with Crippen molar-refractivity contribution in [3.63, 3.8) is 0 Å². The molecule has 0 saturated carbocycles. The molecule has 0 N–H and O–H groups in total. The van der Waals surface area contributed by atoms with E-state index in [0.717, 1.165) is 6.54 Å². The van der Waals surface area contributed by atoms with Crippen LogP contribution in [0.1, 0.15) is 13.8 Å². The Labute approximate surface area is 94.1 Å². The zero-order valence-corrected chi connectivity index (χ0v) is 10.7. The topological polar surface area (TPSA) is 23.3 Å². The molecule has 1 unspecified atom stereocenters. The molecule has 15 heavy (non-hydrogen) atoms. The minimum absolute atomic E-state index is 0.0532. The van der Waals surface area contributed by atoms with Gasteiger partial charge < -0.3 is 9.80 Å². The summed E-state index contributed by atoms with van der Waals surface area (Å²) in [5, 5.41) is 0. The Bertz CT molecular complexity index is 197. The molecule has 0 spiro atoms. The van der Waals surface area contributed by atoms with E-state index in [1.54, 1.807) is 11.0 Å². The summed E-state index contributed by atoms with van der Waals surface area (Å²) in [5.41, 5.74) is 0. The van der Waals surface area contributed by atoms with E-state index in [9.17, 15) is 4.79 Å². The van der Waals surface area contributed by atoms with Gasteiger partial charge in [-0.15, -0.1) is 6.58 Å². The van der Waals surface area contributed by atoms with Crippen LogP contribution in [-0.2, 0) is 4.79 Å². The summed E-state index contributed by atoms with van der Waals surface area (Å²) in [7, 11) is 6.00. The number of allylic oxidation sites excluding steroid dienone is 1. The first kappa shape index (κ1) is 16.3. The number of carbonyl (C=O) groups is 1. The van der Waals surface area contributed by atoms with Gasteiger partial charge in [0.2, 0.25) is 5.91 Å². The lowest BCUT2D eigenvalue weighted by atomic mass is 10.5. The minimum atomic E-state index is 0.0532. The van der Waals surface area contributed by atoms with Crippen LogP contribution in [0.5, 0.6) is 0 Å². The maximum atomic E-state index is 10.6. The lowest BCUT2D eigenvalue weighted by Gasteiger charge is -1.91. The molecule has 3 nitrogen and oxygen atoms in total. The molecule has 0 aromatic rings. The summed E-state index contributed by atoms with van der Waals surface area (Å²) in [6, 6.07) is 0.459. The van der Waals surface area contributed by atoms with Gasteiger partial charge in [-0.3, -0.25) is 4.79 Å². The third-order valence-corrected chi connectivity index (χ3v) is 1.32. The van der Waals surface area contributed by atoms with E-state index in [-0.39, 0.29) is 5.91 Å². The predicted octanol–water partition coefficient (Wildman–Crippen LogP) is 1.77. The zero-order chi connectivity index (χ0) is 12.4. The van der Waals surface area contributed by atoms with E-state index < -0.39 is 0 Å². The second-order valence-corrected chi connectivity index (χ2v) is 3.79. The quantitative estimate of drug-likeness (QED) is 0.376. The largest absolute Gasteiger partial charge is 0.333 e. The standard InChI is InChI=1S/C6H9NO.C3H9N.C3H6/c1-3-6(8)7-4-5(7)2;1-4(2)3;1-3-2/h3,5H,1,4H2,2H3;1-3H3;3H,1H2,2H3. The molecule has 3 heteroatoms. The predicted molar refractivity (Wildman–Crippen MR) is 66.9 cm³/mol. The molecule has 1 rings (SSSR count). The minimum Gasteiger partial charge on any atom is -0.333 e. The molecule has 1 atom stereocenters. The molecule has 0 aromatic carbocycles. The van der Waals surface area contributed by atoms with Gasteiger partial charge in [-0.2, -0.15) is 0 Å². The van der Waals surface area contributed by atoms with Crippen LogP contribution in [0.3, 0.4) is 0 Å². The van der Waals surface area contributed by atoms with E-state index >= 15 is 0 Å². The first-order valence-electron chi connectivity index (χ1n) is 5.01. The van der Waals surface area contributed by atoms with Gasteiger partial charge in [0.05, 0.1) is 0 Å². The Kier molecular flexibility index (Phi) is 10.3. The van der Waals surface area contributed by atoms with Crippen molar-refractivity contribution in [2.45, 2.75) is 19.9 Å². The maximum Gasteiger partial charge on any atom is 0.246 e. The molecule has 1 amide bonds. The van der Waals surface area contributed by atoms with Gasteiger partial charge in [-0.05, 0) is 41.1 Å². The number of nitrogens with zero attached hydrogens (tertiary/aromatic N) is 2. The molecule has 0 aromatic heterocycles. The van der Waals surface area contributed by atoms with Crippen molar-refractivity contribution in [2.75, 3.05) is 27.7 Å². The summed E-state index contributed by atoms with van der Waals surface area (Å²) in [6.45, 7) is 11.5. The van der Waals surface area contributed by atoms with Gasteiger partial charge in [-0.1, -0.05) is 12.7 Å². The van der Waals surface area contributed by atoms with Crippen molar-refractivity contribution in [3.05, 3.63) is 25.3 Å². The molecule has 0 radical (unpaired) electrons. The van der Waals surface area contributed by atoms with Gasteiger partial charge >= 0.3 is 0 Å². The number of amides is 1. The molecule has 1 saturated heterocycles. The fourth-order valence-electron chi connectivity index (χ4n) is 0.662. The van der Waals surface area contributed by atoms with Crippen LogP contribution >= 0.6 is 0 Å². The van der Waals surface area contributed by atoms with Crippen LogP contribution in [0, 0.1) is 0 Å². The van der Waals surface area contributed by atoms with Crippen molar-refractivity contribution in [3.8, 4) is 0 Å². The van der Waals surface area contributed by atoms with Crippen molar-refractivity contribution in [2.24, 2.45) is 0 Å². The molecule has 1 fully saturated rings. The summed E-state index contributed by atoms with van der Waals surface area (Å²) < 4.78 is 0. The summed E-state index contributed by atoms with van der Waals surface area (Å²) in [4.78, 5) is 14.3. The van der Waals surface area contributed by atoms with E-state index in [2.05, 4.69) is 13.2 Å². The molecule has 88 valence electrons. The van der Waals surface area contributed by atoms with Crippen molar-refractivity contribution in [1.82, 2.24) is 9.80 Å². The molecule has 1 heterocycles. The second-order valence-electron chi connectivity index (χ2n) is 3.79. The van der Waals surface area contributed by atoms with Gasteiger partial charge in [0.15, 0.2) is 0 Å². The lowest BCUT2D eigenvalue weighted by molar-refractivity contribution is -0.121. The molecule has 1 aliphatic heterocycles. The zero-order valence-electron chi connectivity index (χ0n) is 10.7. The Morgan fingerprint density at radius 2 is 1.67 bits per heavy atom. The van der Waals surface area contributed by atoms with Gasteiger partial charge in [0, 0.05) is 12.6 Å². The van der Waals surface area contributed by atoms with Crippen LogP contribution in [0.25, 0.3) is 0 Å². The summed E-state index contributed by atoms with van der Waals surface area (Å²) in [6.07, 6.45) is 3.10. The second kappa shape index (κ2) is 9.46. The van der Waals surface area contributed by atoms with Crippen LogP contribution < -0.4 is 0 Å². The third kappa shape index (κ3) is 12.9. The van der Waals surface area contributed by atoms with E-state index in [0.29, 0.717) is 6.04 Å². The van der Waals surface area contributed by atoms with Crippen LogP contribution in [-0.4, -0.2) is 49.4 Å². The first-order chi connectivity index (χ1) is 6.90. The summed E-state index contributed by atoms with van der Waals surface area (Å²) in [5.74, 6) is 0.0532. The average Bonchev–Trinajstić information content (AvgIpc) is 2.82. The van der Waals surface area contributed by atoms with Crippen LogP contribution in [0.15, 0.2) is 25.3 Å².